The number of hydrogen-bond acceptors (Lipinski definition) is 6. The number of H-pyrrole nitrogens is 2. The van der Waals surface area contributed by atoms with Crippen LogP contribution in [0, 0.1) is 11.6 Å². The molecule has 33 heavy (non-hydrogen) atoms. The third-order valence-electron chi connectivity index (χ3n) is 4.41. The largest absolute Gasteiger partial charge is 0.325 e. The van der Waals surface area contributed by atoms with Crippen LogP contribution in [0.4, 0.5) is 14.5 Å². The van der Waals surface area contributed by atoms with Crippen LogP contribution < -0.4 is 16.6 Å². The van der Waals surface area contributed by atoms with Gasteiger partial charge in [0.05, 0.1) is 5.75 Å². The van der Waals surface area contributed by atoms with Gasteiger partial charge in [-0.15, -0.1) is 10.2 Å². The maximum atomic E-state index is 13.5. The number of halogens is 2. The van der Waals surface area contributed by atoms with E-state index in [4.69, 9.17) is 0 Å². The molecule has 0 aliphatic heterocycles. The van der Waals surface area contributed by atoms with Gasteiger partial charge >= 0.3 is 5.69 Å². The second-order valence-electron chi connectivity index (χ2n) is 6.84. The third-order valence-corrected chi connectivity index (χ3v) is 5.34. The minimum absolute atomic E-state index is 0.0292. The second kappa shape index (κ2) is 9.61. The van der Waals surface area contributed by atoms with E-state index in [1.807, 2.05) is 0 Å². The van der Waals surface area contributed by atoms with Gasteiger partial charge in [-0.3, -0.25) is 19.1 Å². The van der Waals surface area contributed by atoms with E-state index in [2.05, 4.69) is 25.5 Å². The van der Waals surface area contributed by atoms with Crippen molar-refractivity contribution in [3.8, 4) is 5.69 Å². The molecule has 12 heteroatoms. The quantitative estimate of drug-likeness (QED) is 0.356. The van der Waals surface area contributed by atoms with Crippen LogP contribution >= 0.6 is 11.8 Å². The first kappa shape index (κ1) is 22.1. The van der Waals surface area contributed by atoms with Crippen molar-refractivity contribution in [2.24, 2.45) is 0 Å². The summed E-state index contributed by atoms with van der Waals surface area (Å²) in [5.41, 5.74) is 0.0714. The first-order valence-corrected chi connectivity index (χ1v) is 10.6. The standard InChI is InChI=1S/C21H16F2N6O3S/c22-12-1-5-14(6-2-12)24-19(31)11-33-21-28-27-17(9-15-10-18(30)26-20(32)25-15)29(21)16-7-3-13(23)4-8-16/h1-8,10H,9,11H2,(H,24,31)(H2,25,26,30,32). The molecule has 168 valence electrons. The van der Waals surface area contributed by atoms with Crippen LogP contribution in [-0.2, 0) is 11.2 Å². The summed E-state index contributed by atoms with van der Waals surface area (Å²) in [5.74, 6) is -0.854. The van der Waals surface area contributed by atoms with E-state index in [-0.39, 0.29) is 18.1 Å². The molecular weight excluding hydrogens is 454 g/mol. The number of carbonyl (C=O) groups excluding carboxylic acids is 1. The first-order chi connectivity index (χ1) is 15.9. The van der Waals surface area contributed by atoms with Crippen LogP contribution in [-0.4, -0.2) is 36.4 Å². The van der Waals surface area contributed by atoms with Gasteiger partial charge in [0.15, 0.2) is 5.16 Å². The van der Waals surface area contributed by atoms with Gasteiger partial charge in [0.25, 0.3) is 5.56 Å². The minimum Gasteiger partial charge on any atom is -0.325 e. The van der Waals surface area contributed by atoms with Gasteiger partial charge in [-0.05, 0) is 48.5 Å². The molecule has 0 spiro atoms. The van der Waals surface area contributed by atoms with E-state index < -0.39 is 22.9 Å². The number of nitrogens with zero attached hydrogens (tertiary/aromatic N) is 3. The fourth-order valence-corrected chi connectivity index (χ4v) is 3.77. The first-order valence-electron chi connectivity index (χ1n) is 9.58. The average molecular weight is 470 g/mol. The van der Waals surface area contributed by atoms with Crippen molar-refractivity contribution < 1.29 is 13.6 Å². The Morgan fingerprint density at radius 2 is 1.64 bits per heavy atom. The molecule has 4 aromatic rings. The monoisotopic (exact) mass is 470 g/mol. The normalized spacial score (nSPS) is 10.8. The molecule has 0 fully saturated rings. The van der Waals surface area contributed by atoms with Gasteiger partial charge in [-0.25, -0.2) is 13.6 Å². The molecule has 2 aromatic heterocycles. The van der Waals surface area contributed by atoms with Gasteiger partial charge in [0.1, 0.15) is 17.5 Å². The highest BCUT2D eigenvalue weighted by molar-refractivity contribution is 7.99. The van der Waals surface area contributed by atoms with Gasteiger partial charge in [0, 0.05) is 29.6 Å². The predicted octanol–water partition coefficient (Wildman–Crippen LogP) is 2.24. The molecule has 0 saturated heterocycles. The molecule has 4 rings (SSSR count). The van der Waals surface area contributed by atoms with Crippen molar-refractivity contribution >= 4 is 23.4 Å². The van der Waals surface area contributed by atoms with Crippen molar-refractivity contribution in [2.45, 2.75) is 11.6 Å². The zero-order valence-electron chi connectivity index (χ0n) is 16.8. The Balaban J connectivity index is 1.58. The van der Waals surface area contributed by atoms with Crippen LogP contribution in [0.1, 0.15) is 11.5 Å². The van der Waals surface area contributed by atoms with E-state index >= 15 is 0 Å². The number of aromatic nitrogens is 5. The summed E-state index contributed by atoms with van der Waals surface area (Å²) in [6, 6.07) is 12.2. The van der Waals surface area contributed by atoms with Crippen LogP contribution in [0.5, 0.6) is 0 Å². The topological polar surface area (TPSA) is 126 Å². The molecule has 0 saturated carbocycles. The van der Waals surface area contributed by atoms with Crippen molar-refractivity contribution in [1.29, 1.82) is 0 Å². The lowest BCUT2D eigenvalue weighted by molar-refractivity contribution is -0.113. The van der Waals surface area contributed by atoms with Crippen molar-refractivity contribution in [1.82, 2.24) is 24.7 Å². The van der Waals surface area contributed by atoms with E-state index in [9.17, 15) is 23.2 Å². The molecule has 2 heterocycles. The molecule has 0 radical (unpaired) electrons. The summed E-state index contributed by atoms with van der Waals surface area (Å²) in [7, 11) is 0. The van der Waals surface area contributed by atoms with Crippen LogP contribution in [0.25, 0.3) is 5.69 Å². The Bertz CT molecular complexity index is 1370. The minimum atomic E-state index is -0.655. The van der Waals surface area contributed by atoms with E-state index in [0.29, 0.717) is 28.0 Å². The zero-order chi connectivity index (χ0) is 23.4. The van der Waals surface area contributed by atoms with E-state index in [1.165, 1.54) is 54.6 Å². The smallest absolute Gasteiger partial charge is 0.325 e. The molecule has 0 atom stereocenters. The van der Waals surface area contributed by atoms with Gasteiger partial charge in [-0.1, -0.05) is 11.8 Å². The number of rotatable bonds is 7. The molecule has 0 unspecified atom stereocenters. The Labute approximate surface area is 188 Å². The number of thioether (sulfide) groups is 1. The highest BCUT2D eigenvalue weighted by Gasteiger charge is 2.17. The third kappa shape index (κ3) is 5.60. The Morgan fingerprint density at radius 3 is 2.30 bits per heavy atom. The number of aromatic amines is 2. The maximum absolute atomic E-state index is 13.5. The molecule has 0 bridgehead atoms. The Kier molecular flexibility index (Phi) is 6.45. The van der Waals surface area contributed by atoms with Crippen molar-refractivity contribution in [2.75, 3.05) is 11.1 Å². The zero-order valence-corrected chi connectivity index (χ0v) is 17.7. The highest BCUT2D eigenvalue weighted by atomic mass is 32.2. The molecule has 9 nitrogen and oxygen atoms in total. The van der Waals surface area contributed by atoms with Gasteiger partial charge < -0.3 is 10.3 Å². The highest BCUT2D eigenvalue weighted by Crippen LogP contribution is 2.23. The number of amides is 1. The molecular formula is C21H16F2N6O3S. The Morgan fingerprint density at radius 1 is 0.970 bits per heavy atom. The van der Waals surface area contributed by atoms with E-state index in [1.54, 1.807) is 4.57 Å². The summed E-state index contributed by atoms with van der Waals surface area (Å²) in [6.07, 6.45) is 0.0614. The lowest BCUT2D eigenvalue weighted by Crippen LogP contribution is -2.23. The molecule has 2 aromatic carbocycles. The van der Waals surface area contributed by atoms with Crippen LogP contribution in [0.3, 0.4) is 0 Å². The second-order valence-corrected chi connectivity index (χ2v) is 7.79. The molecule has 3 N–H and O–H groups in total. The van der Waals surface area contributed by atoms with Gasteiger partial charge in [0.2, 0.25) is 5.91 Å². The van der Waals surface area contributed by atoms with Crippen LogP contribution in [0.2, 0.25) is 0 Å². The summed E-state index contributed by atoms with van der Waals surface area (Å²) in [5, 5.41) is 11.3. The summed E-state index contributed by atoms with van der Waals surface area (Å²) < 4.78 is 28.1. The lowest BCUT2D eigenvalue weighted by Gasteiger charge is -2.10. The maximum Gasteiger partial charge on any atom is 0.325 e. The molecule has 1 amide bonds. The van der Waals surface area contributed by atoms with Gasteiger partial charge in [-0.2, -0.15) is 0 Å². The molecule has 0 aliphatic rings. The summed E-state index contributed by atoms with van der Waals surface area (Å²) >= 11 is 1.08. The van der Waals surface area contributed by atoms with Crippen molar-refractivity contribution in [3.63, 3.8) is 0 Å². The Hall–Kier alpha value is -4.06. The van der Waals surface area contributed by atoms with Crippen LogP contribution in [0.15, 0.2) is 69.3 Å². The fourth-order valence-electron chi connectivity index (χ4n) is 3.00. The number of carbonyl (C=O) groups is 1. The number of benzene rings is 2. The lowest BCUT2D eigenvalue weighted by atomic mass is 10.2. The summed E-state index contributed by atoms with van der Waals surface area (Å²) in [4.78, 5) is 40.1. The average Bonchev–Trinajstić information content (AvgIpc) is 3.16. The number of nitrogens with one attached hydrogen (secondary N) is 3. The number of hydrogen-bond donors (Lipinski definition) is 3. The van der Waals surface area contributed by atoms with E-state index in [0.717, 1.165) is 11.8 Å². The predicted molar refractivity (Wildman–Crippen MR) is 118 cm³/mol. The number of anilines is 1. The molecule has 0 aliphatic carbocycles. The SMILES string of the molecule is O=C(CSc1nnc(Cc2cc(=O)[nH]c(=O)[nH]2)n1-c1ccc(F)cc1)Nc1ccc(F)cc1. The van der Waals surface area contributed by atoms with Crippen molar-refractivity contribution in [3.05, 3.63) is 98.6 Å². The fraction of sp³-hybridized carbons (Fsp3) is 0.0952. The summed E-state index contributed by atoms with van der Waals surface area (Å²) in [6.45, 7) is 0.